The number of fused-ring (bicyclic) bond motifs is 12. The smallest absolute Gasteiger partial charge is 0.414 e. The van der Waals surface area contributed by atoms with Gasteiger partial charge in [0, 0.05) is 158 Å². The molecule has 13 heterocycles. The van der Waals surface area contributed by atoms with E-state index < -0.39 is 76.4 Å². The fraction of sp³-hybridized carbons (Fsp3) is 0.429. The minimum absolute atomic E-state index is 0. The van der Waals surface area contributed by atoms with E-state index in [0.29, 0.717) is 114 Å². The van der Waals surface area contributed by atoms with E-state index in [1.807, 2.05) is 6.92 Å². The van der Waals surface area contributed by atoms with E-state index in [4.69, 9.17) is 118 Å². The van der Waals surface area contributed by atoms with Crippen LogP contribution in [0.1, 0.15) is 219 Å². The maximum atomic E-state index is 15.2. The van der Waals surface area contributed by atoms with Crippen LogP contribution in [0.4, 0.5) is 51.5 Å². The van der Waals surface area contributed by atoms with Crippen LogP contribution in [-0.2, 0) is 40.7 Å². The van der Waals surface area contributed by atoms with Crippen LogP contribution >= 0.6 is 0 Å². The molecule has 40 heteroatoms. The molecule has 4 saturated heterocycles. The summed E-state index contributed by atoms with van der Waals surface area (Å²) in [6.07, 6.45) is 16.4. The van der Waals surface area contributed by atoms with Crippen molar-refractivity contribution >= 4 is 126 Å². The maximum Gasteiger partial charge on any atom is 0.414 e. The van der Waals surface area contributed by atoms with E-state index >= 15 is 8.78 Å². The standard InChI is InChI=1S/C32H33FN4O8S2.C29H34FN7O3.C24H26FN7O.C7H14N2.C5H6N2O.CH4.26H2/c1-32(2,3)45-31(38)37(4)25-16-21(33)15-24-26-28(34-27(24)25)35-30(47(41,42)18-20-9-13-23(44-6)14-10-20)36-29(26)46(39,40)17-19-7-11-22(43-5)12-8-19;1-16-31-12-19(13-32-16)39-26-34-24-22(25(35-26)37-14-17-8-7-9-29(17,5)15-37)20-10-18(30)11-21(23(20)33-24)36(6)27(38)40-28(2,3)4;1-13-27-9-16(10-28-13)33-23-30-21-19(17-7-15(25)8-18(26-3)20(17)29-21)22(31-23)32-11-14-5-4-6-24(14,2)12-32;1-7-2-3-9-6(7)4-8-5-7;1-4-6-2-5(8)3-7-4;;;;;;;;;;;;;;;;;;;;;;;;;;;/h7-16H,17-18H2,1-6H3,(H,34,35,36);10-13,17H,7-9,14-15H2,1-6H3,(H,33,34,35);7-10,14,26H,4-6,11-12H2,1-3H3,(H,29,30,31);6,8-9H,2-5H2,1H3;2-3,8H,1H3;1H4;26*1H/t;17-,29+;14-,24+;6?,7-;;;;;;;;;;;;;;;;;;;;;;;;;;;;/m.001............................/s1/i;;;;;;25*1+1D;1+1. The highest BCUT2D eigenvalue weighted by molar-refractivity contribution is 7.91. The van der Waals surface area contributed by atoms with Crippen molar-refractivity contribution < 1.29 is 149 Å². The van der Waals surface area contributed by atoms with Crippen molar-refractivity contribution in [3.63, 3.8) is 0 Å². The normalized spacial score (nSPS) is 20.8. The number of aromatic amines is 3. The van der Waals surface area contributed by atoms with Gasteiger partial charge in [0.15, 0.2) is 22.3 Å². The van der Waals surface area contributed by atoms with Crippen molar-refractivity contribution in [1.82, 2.24) is 85.4 Å². The Morgan fingerprint density at radius 3 is 1.38 bits per heavy atom. The fourth-order valence-electron chi connectivity index (χ4n) is 18.9. The van der Waals surface area contributed by atoms with Gasteiger partial charge in [-0.1, -0.05) is 65.3 Å². The van der Waals surface area contributed by atoms with Gasteiger partial charge in [0.1, 0.15) is 86.2 Å². The molecule has 4 aliphatic heterocycles. The van der Waals surface area contributed by atoms with Crippen molar-refractivity contribution in [2.45, 2.75) is 174 Å². The Balaban J connectivity index is -0.000000201. The third-order valence-electron chi connectivity index (χ3n) is 26.0. The van der Waals surface area contributed by atoms with Gasteiger partial charge in [-0.3, -0.25) is 9.80 Å². The van der Waals surface area contributed by atoms with Gasteiger partial charge in [-0.2, -0.15) is 19.9 Å². The highest BCUT2D eigenvalue weighted by Gasteiger charge is 2.49. The fourth-order valence-corrected chi connectivity index (χ4v) is 21.7. The van der Waals surface area contributed by atoms with Crippen molar-refractivity contribution in [3.05, 3.63) is 168 Å². The molecule has 6 fully saturated rings. The van der Waals surface area contributed by atoms with Crippen molar-refractivity contribution in [3.8, 4) is 40.8 Å². The Hall–Kier alpha value is -13.5. The summed E-state index contributed by atoms with van der Waals surface area (Å²) >= 11 is 0. The van der Waals surface area contributed by atoms with Crippen LogP contribution in [0.2, 0.25) is 0 Å². The molecule has 35 nitrogen and oxygen atoms in total. The summed E-state index contributed by atoms with van der Waals surface area (Å²) < 4.78 is 384. The van der Waals surface area contributed by atoms with Crippen LogP contribution in [0, 0.1) is 66.3 Å². The predicted molar refractivity (Wildman–Crippen MR) is 577 cm³/mol. The van der Waals surface area contributed by atoms with Crippen molar-refractivity contribution in [1.29, 1.82) is 0 Å². The molecular formula is C98H169F3N22O13S2. The first kappa shape index (κ1) is 71.1. The molecule has 14 aromatic rings. The molecule has 138 heavy (non-hydrogen) atoms. The van der Waals surface area contributed by atoms with Crippen LogP contribution in [0.5, 0.6) is 40.8 Å². The largest absolute Gasteiger partial charge is 0.505 e. The number of amides is 2. The second-order valence-electron chi connectivity index (χ2n) is 38.5. The molecule has 0 spiro atoms. The summed E-state index contributed by atoms with van der Waals surface area (Å²) in [5.41, 5.74) is 3.66. The van der Waals surface area contributed by atoms with Crippen LogP contribution in [0.3, 0.4) is 0 Å². The number of sulfone groups is 2. The third-order valence-corrected chi connectivity index (χ3v) is 29.0. The zero-order valence-electron chi connectivity index (χ0n) is 130. The molecule has 0 radical (unpaired) electrons. The maximum absolute atomic E-state index is 15.2. The molecule has 1 unspecified atom stereocenters. The number of aromatic nitrogens is 15. The minimum Gasteiger partial charge on any atom is -0.505 e. The van der Waals surface area contributed by atoms with Crippen molar-refractivity contribution in [2.24, 2.45) is 28.1 Å². The molecule has 2 amide bonds. The Kier molecular flexibility index (Phi) is 20.2. The van der Waals surface area contributed by atoms with Crippen LogP contribution in [0.15, 0.2) is 132 Å². The van der Waals surface area contributed by atoms with Crippen LogP contribution in [-0.4, -0.2) is 207 Å². The van der Waals surface area contributed by atoms with Gasteiger partial charge in [-0.05, 0) is 201 Å². The molecular weight excluding hydrogens is 1810 g/mol. The quantitative estimate of drug-likeness (QED) is 0.0329. The number of aromatic hydroxyl groups is 1. The van der Waals surface area contributed by atoms with Crippen molar-refractivity contribution in [2.75, 3.05) is 106 Å². The Bertz CT molecular complexity index is 7240. The van der Waals surface area contributed by atoms with Gasteiger partial charge in [0.2, 0.25) is 19.7 Å². The van der Waals surface area contributed by atoms with Gasteiger partial charge < -0.3 is 74.2 Å². The molecule has 6 aliphatic rings. The first-order valence-corrected chi connectivity index (χ1v) is 48.5. The van der Waals surface area contributed by atoms with E-state index in [1.165, 1.54) is 121 Å². The lowest BCUT2D eigenvalue weighted by Gasteiger charge is -2.25. The number of nitrogens with one attached hydrogen (secondary N) is 6. The summed E-state index contributed by atoms with van der Waals surface area (Å²) in [5.74, 6) is 3.93. The van der Waals surface area contributed by atoms with E-state index in [1.54, 1.807) is 149 Å². The van der Waals surface area contributed by atoms with Gasteiger partial charge >= 0.3 is 24.2 Å². The lowest BCUT2D eigenvalue weighted by atomic mass is 9.83. The Morgan fingerprint density at radius 1 is 0.551 bits per heavy atom. The van der Waals surface area contributed by atoms with E-state index in [2.05, 4.69) is 111 Å². The third kappa shape index (κ3) is 21.4. The lowest BCUT2D eigenvalue weighted by Crippen LogP contribution is -2.34. The monoisotopic (exact) mass is 2030 g/mol. The molecule has 20 rings (SSSR count). The number of nitrogens with zero attached hydrogens (tertiary/aromatic N) is 16. The van der Waals surface area contributed by atoms with Gasteiger partial charge in [0.05, 0.1) is 113 Å². The van der Waals surface area contributed by atoms with Gasteiger partial charge in [0.25, 0.3) is 5.16 Å². The summed E-state index contributed by atoms with van der Waals surface area (Å²) in [5, 5.41) is 20.0. The number of benzene rings is 5. The average molecular weight is 2040 g/mol. The zero-order valence-corrected chi connectivity index (χ0v) is 81.2. The zero-order chi connectivity index (χ0) is 148. The number of carbonyl (C=O) groups excluding carboxylic acids is 2. The highest BCUT2D eigenvalue weighted by atomic mass is 32.2. The van der Waals surface area contributed by atoms with E-state index in [0.717, 1.165) is 71.4 Å². The second kappa shape index (κ2) is 39.2. The highest BCUT2D eigenvalue weighted by Crippen LogP contribution is 2.53. The first-order valence-electron chi connectivity index (χ1n) is 70.2. The van der Waals surface area contributed by atoms with E-state index in [-0.39, 0.29) is 70.9 Å². The van der Waals surface area contributed by atoms with E-state index in [9.17, 15) is 30.8 Å². The number of ether oxygens (including phenoxy) is 6. The molecule has 6 atom stereocenters. The number of hydrogen-bond acceptors (Lipinski definition) is 30. The molecule has 9 aromatic heterocycles. The Morgan fingerprint density at radius 2 is 0.964 bits per heavy atom. The van der Waals surface area contributed by atoms with Gasteiger partial charge in [-0.25, -0.2) is 79.5 Å². The second-order valence-corrected chi connectivity index (χ2v) is 42.3. The van der Waals surface area contributed by atoms with Crippen LogP contribution in [0.25, 0.3) is 65.8 Å². The number of hydrogen-bond donors (Lipinski definition) is 7. The molecule has 0 bridgehead atoms. The molecule has 782 valence electrons. The molecule has 2 saturated carbocycles. The number of carbonyl (C=O) groups is 2. The Labute approximate surface area is 876 Å². The molecule has 5 aromatic carbocycles. The lowest BCUT2D eigenvalue weighted by molar-refractivity contribution is 0.0579. The SMILES string of the molecule is C.CNc1cc(F)cc2c1[nH]c1nc(Oc3cnc(C)nc3)nc(N3C[C@@H]4CCC[C@]4(C)C3)c12.COc1ccc(CS(=O)(=O)c2nc(S(=O)(=O)Cc3ccc(OC)cc3)c3c(n2)[nH]c2c(N(C)C(=O)OC(C)(C)C)cc(F)cc23)cc1.C[C@]12CCNC1CNC2.Cc1ncc(O)cn1.Cc1ncc(Oc2nc(N3C[C@@H]4CCC[C@]4(C)C3)c3c(n2)[nH]c2c(N(C)C(=O)OC(C)(C)C)cc(F)cc23)cn1.[2HH].[2H][2H].[2H][2H].[2H][2H].[2H][2H].[2H][2H].[2H][2H].[2H][2H].[2H][2H].[2H][2H].[2H][2H].[2H][2H].[2H][2H].[2H][2H].[2H][2H].[2H][2H].[2H][2H].[2H][2H].[2H][2H].[2H][2H].[2H][2H].[2H][2H].[2H][2H].[2H][2H].[2H][2H].[2H][2H]. The number of halogens is 3. The number of anilines is 5. The molecule has 2 aliphatic carbocycles. The predicted octanol–water partition coefficient (Wildman–Crippen LogP) is 24.0. The number of rotatable bonds is 17. The van der Waals surface area contributed by atoms with Crippen LogP contribution < -0.4 is 54.5 Å². The summed E-state index contributed by atoms with van der Waals surface area (Å²) in [6, 6.07) is 21.6. The average Bonchev–Trinajstić information content (AvgIpc) is 1.58. The summed E-state index contributed by atoms with van der Waals surface area (Å²) in [7, 11) is -1.05. The number of H-pyrrole nitrogens is 3. The first-order chi connectivity index (χ1) is 89.9. The number of aryl methyl sites for hydroxylation is 3. The number of methoxy groups -OCH3 is 2. The topological polar surface area (TPSA) is 429 Å². The summed E-state index contributed by atoms with van der Waals surface area (Å²) in [4.78, 5) is 94.0. The minimum atomic E-state index is -4.39. The van der Waals surface area contributed by atoms with Gasteiger partial charge in [-0.15, -0.1) is 0 Å². The molecule has 7 N–H and O–H groups in total. The summed E-state index contributed by atoms with van der Waals surface area (Å²) in [6.45, 7) is 30.0.